The first-order chi connectivity index (χ1) is 12.9. The van der Waals surface area contributed by atoms with Crippen LogP contribution in [0.3, 0.4) is 0 Å². The van der Waals surface area contributed by atoms with Crippen LogP contribution in [0.1, 0.15) is 52.0 Å². The van der Waals surface area contributed by atoms with E-state index in [1.807, 2.05) is 0 Å². The molecule has 2 fully saturated rings. The van der Waals surface area contributed by atoms with Crippen LogP contribution in [0.15, 0.2) is 35.9 Å². The van der Waals surface area contributed by atoms with Gasteiger partial charge in [0, 0.05) is 18.6 Å². The van der Waals surface area contributed by atoms with Gasteiger partial charge >= 0.3 is 5.97 Å². The average Bonchev–Trinajstić information content (AvgIpc) is 3.38. The Balaban J connectivity index is 0.00000210. The summed E-state index contributed by atoms with van der Waals surface area (Å²) in [4.78, 5) is 11.2. The number of halogens is 2. The van der Waals surface area contributed by atoms with E-state index in [9.17, 15) is 9.90 Å². The fourth-order valence-corrected chi connectivity index (χ4v) is 3.93. The van der Waals surface area contributed by atoms with Gasteiger partial charge in [0.1, 0.15) is 0 Å². The van der Waals surface area contributed by atoms with Gasteiger partial charge in [-0.15, -0.1) is 24.8 Å². The first kappa shape index (κ1) is 26.0. The molecule has 0 bridgehead atoms. The van der Waals surface area contributed by atoms with Gasteiger partial charge in [0.25, 0.3) is 0 Å². The number of carboxylic acid groups (broad SMARTS) is 1. The summed E-state index contributed by atoms with van der Waals surface area (Å²) < 4.78 is 0. The fourth-order valence-electron chi connectivity index (χ4n) is 3.93. The number of nitrogens with one attached hydrogen (secondary N) is 2. The molecule has 0 aliphatic heterocycles. The molecule has 0 spiro atoms. The predicted molar refractivity (Wildman–Crippen MR) is 125 cm³/mol. The summed E-state index contributed by atoms with van der Waals surface area (Å²) in [6.45, 7) is 7.44. The van der Waals surface area contributed by atoms with E-state index in [1.54, 1.807) is 19.4 Å². The Morgan fingerprint density at radius 2 is 1.79 bits per heavy atom. The smallest absolute Gasteiger partial charge is 0.310 e. The zero-order valence-electron chi connectivity index (χ0n) is 17.7. The normalized spacial score (nSPS) is 26.0. The summed E-state index contributed by atoms with van der Waals surface area (Å²) >= 11 is 0. The van der Waals surface area contributed by atoms with Crippen LogP contribution in [0.4, 0.5) is 0 Å². The lowest BCUT2D eigenvalue weighted by atomic mass is 9.79. The molecule has 0 aromatic heterocycles. The van der Waals surface area contributed by atoms with E-state index in [1.165, 1.54) is 12.0 Å². The van der Waals surface area contributed by atoms with Gasteiger partial charge in [-0.3, -0.25) is 4.79 Å². The number of carbonyl (C=O) groups is 1. The lowest BCUT2D eigenvalue weighted by Gasteiger charge is -2.37. The summed E-state index contributed by atoms with van der Waals surface area (Å²) in [5, 5.41) is 16.4. The van der Waals surface area contributed by atoms with Crippen LogP contribution >= 0.6 is 24.8 Å². The van der Waals surface area contributed by atoms with Crippen molar-refractivity contribution in [1.82, 2.24) is 10.6 Å². The van der Waals surface area contributed by atoms with E-state index in [-0.39, 0.29) is 24.8 Å². The molecule has 3 rings (SSSR count). The maximum atomic E-state index is 11.2. The van der Waals surface area contributed by atoms with Crippen molar-refractivity contribution in [2.75, 3.05) is 13.1 Å². The second-order valence-corrected chi connectivity index (χ2v) is 8.94. The molecule has 6 heteroatoms. The predicted octanol–water partition coefficient (Wildman–Crippen LogP) is 4.78. The number of hydrogen-bond donors (Lipinski definition) is 3. The number of benzene rings is 1. The van der Waals surface area contributed by atoms with Crippen molar-refractivity contribution < 1.29 is 9.90 Å². The van der Waals surface area contributed by atoms with Gasteiger partial charge in [0.15, 0.2) is 0 Å². The van der Waals surface area contributed by atoms with Gasteiger partial charge < -0.3 is 15.7 Å². The Kier molecular flexibility index (Phi) is 10.2. The van der Waals surface area contributed by atoms with Gasteiger partial charge in [-0.1, -0.05) is 48.9 Å². The molecule has 2 saturated carbocycles. The molecule has 164 valence electrons. The summed E-state index contributed by atoms with van der Waals surface area (Å²) in [7, 11) is 0. The number of carboxylic acids is 1. The molecule has 4 nitrogen and oxygen atoms in total. The highest BCUT2D eigenvalue weighted by Crippen LogP contribution is 2.40. The molecule has 2 unspecified atom stereocenters. The van der Waals surface area contributed by atoms with E-state index in [2.05, 4.69) is 54.0 Å². The average molecular weight is 443 g/mol. The van der Waals surface area contributed by atoms with Crippen molar-refractivity contribution in [2.45, 2.75) is 58.5 Å². The van der Waals surface area contributed by atoms with E-state index in [0.717, 1.165) is 31.7 Å². The highest BCUT2D eigenvalue weighted by Gasteiger charge is 2.40. The number of hydrogen-bond acceptors (Lipinski definition) is 3. The monoisotopic (exact) mass is 442 g/mol. The minimum atomic E-state index is -0.734. The lowest BCUT2D eigenvalue weighted by molar-refractivity contribution is -0.146. The fraction of sp³-hybridized carbons (Fsp3) is 0.609. The molecule has 2 aliphatic carbocycles. The van der Waals surface area contributed by atoms with Crippen molar-refractivity contribution in [1.29, 1.82) is 0 Å². The first-order valence-corrected chi connectivity index (χ1v) is 10.3. The molecule has 0 heterocycles. The number of aliphatic carboxylic acids is 1. The van der Waals surface area contributed by atoms with Crippen molar-refractivity contribution in [3.05, 3.63) is 41.5 Å². The molecule has 0 amide bonds. The lowest BCUT2D eigenvalue weighted by Crippen LogP contribution is -2.49. The Morgan fingerprint density at radius 3 is 2.38 bits per heavy atom. The van der Waals surface area contributed by atoms with Gasteiger partial charge in [-0.2, -0.15) is 0 Å². The van der Waals surface area contributed by atoms with Gasteiger partial charge in [-0.25, -0.2) is 0 Å². The van der Waals surface area contributed by atoms with E-state index >= 15 is 0 Å². The van der Waals surface area contributed by atoms with E-state index < -0.39 is 11.4 Å². The van der Waals surface area contributed by atoms with Crippen LogP contribution in [0.5, 0.6) is 0 Å². The third-order valence-corrected chi connectivity index (χ3v) is 6.14. The molecular weight excluding hydrogens is 407 g/mol. The van der Waals surface area contributed by atoms with Crippen LogP contribution in [0, 0.1) is 17.3 Å². The van der Waals surface area contributed by atoms with Crippen LogP contribution < -0.4 is 10.6 Å². The zero-order chi connectivity index (χ0) is 19.4. The van der Waals surface area contributed by atoms with Gasteiger partial charge in [0.2, 0.25) is 0 Å². The van der Waals surface area contributed by atoms with E-state index in [0.29, 0.717) is 24.5 Å². The van der Waals surface area contributed by atoms with Crippen molar-refractivity contribution in [3.63, 3.8) is 0 Å². The molecule has 3 N–H and O–H groups in total. The van der Waals surface area contributed by atoms with Crippen LogP contribution in [-0.2, 0) is 4.79 Å². The summed E-state index contributed by atoms with van der Waals surface area (Å²) in [6.07, 6.45) is 7.04. The molecule has 1 aromatic carbocycles. The second kappa shape index (κ2) is 11.4. The summed E-state index contributed by atoms with van der Waals surface area (Å²) in [6, 6.07) is 11.7. The first-order valence-electron chi connectivity index (χ1n) is 10.3. The standard InChI is InChI=1S/C23H34N2O2.2ClH/c1-4-18(10-16-8-6-5-7-9-16)20-13-21(20)24-14-17-11-19(12-17)25-15-23(2,3)22(26)27;;/h5-10,17,19-21,24-25H,4,11-15H2,1-3H3,(H,26,27);2*1H/b18-10+;;. The Hall–Kier alpha value is -1.07. The molecule has 2 aliphatic rings. The molecule has 2 atom stereocenters. The quantitative estimate of drug-likeness (QED) is 0.487. The summed E-state index contributed by atoms with van der Waals surface area (Å²) in [5.41, 5.74) is 2.17. The molecule has 0 saturated heterocycles. The highest BCUT2D eigenvalue weighted by atomic mass is 35.5. The molecular formula is C23H36Cl2N2O2. The van der Waals surface area contributed by atoms with Gasteiger partial charge in [0.05, 0.1) is 5.41 Å². The van der Waals surface area contributed by atoms with Crippen LogP contribution in [0.25, 0.3) is 6.08 Å². The van der Waals surface area contributed by atoms with Crippen LogP contribution in [0.2, 0.25) is 0 Å². The van der Waals surface area contributed by atoms with E-state index in [4.69, 9.17) is 0 Å². The third-order valence-electron chi connectivity index (χ3n) is 6.14. The minimum absolute atomic E-state index is 0. The second-order valence-electron chi connectivity index (χ2n) is 8.94. The molecule has 29 heavy (non-hydrogen) atoms. The maximum Gasteiger partial charge on any atom is 0.310 e. The Bertz CT molecular complexity index is 673. The number of rotatable bonds is 10. The third kappa shape index (κ3) is 7.29. The van der Waals surface area contributed by atoms with Crippen molar-refractivity contribution in [2.24, 2.45) is 17.3 Å². The molecule has 1 aromatic rings. The SMILES string of the molecule is CC/C(=C\c1ccccc1)C1CC1NCC1CC(NCC(C)(C)C(=O)O)C1.Cl.Cl. The van der Waals surface area contributed by atoms with Crippen molar-refractivity contribution in [3.8, 4) is 0 Å². The zero-order valence-corrected chi connectivity index (χ0v) is 19.3. The maximum absolute atomic E-state index is 11.2. The van der Waals surface area contributed by atoms with Crippen LogP contribution in [-0.4, -0.2) is 36.2 Å². The Morgan fingerprint density at radius 1 is 1.14 bits per heavy atom. The molecule has 0 radical (unpaired) electrons. The minimum Gasteiger partial charge on any atom is -0.481 e. The van der Waals surface area contributed by atoms with Crippen molar-refractivity contribution >= 4 is 36.9 Å². The topological polar surface area (TPSA) is 61.4 Å². The van der Waals surface area contributed by atoms with Gasteiger partial charge in [-0.05, 0) is 63.5 Å². The Labute approximate surface area is 187 Å². The highest BCUT2D eigenvalue weighted by molar-refractivity contribution is 5.85. The largest absolute Gasteiger partial charge is 0.481 e. The summed E-state index contributed by atoms with van der Waals surface area (Å²) in [5.74, 6) is 0.683.